The molecule has 3 rings (SSSR count). The highest BCUT2D eigenvalue weighted by molar-refractivity contribution is 9.10. The average molecular weight is 411 g/mol. The Kier molecular flexibility index (Phi) is 4.49. The zero-order valence-electron chi connectivity index (χ0n) is 12.4. The van der Waals surface area contributed by atoms with Gasteiger partial charge in [-0.2, -0.15) is 0 Å². The highest BCUT2D eigenvalue weighted by Crippen LogP contribution is 2.25. The summed E-state index contributed by atoms with van der Waals surface area (Å²) in [6, 6.07) is 7.31. The Morgan fingerprint density at radius 3 is 2.68 bits per heavy atom. The minimum absolute atomic E-state index is 0.00368. The van der Waals surface area contributed by atoms with Gasteiger partial charge in [-0.3, -0.25) is 14.2 Å². The quantitative estimate of drug-likeness (QED) is 0.713. The molecule has 6 nitrogen and oxygen atoms in total. The molecule has 0 atom stereocenters. The number of nitrogens with zero attached hydrogens (tertiary/aromatic N) is 2. The molecule has 0 aliphatic heterocycles. The van der Waals surface area contributed by atoms with Crippen LogP contribution in [0.25, 0.3) is 11.0 Å². The van der Waals surface area contributed by atoms with E-state index in [4.69, 9.17) is 9.84 Å². The smallest absolute Gasteiger partial charge is 0.323 e. The normalized spacial score (nSPS) is 10.8. The van der Waals surface area contributed by atoms with Gasteiger partial charge in [0, 0.05) is 4.47 Å². The van der Waals surface area contributed by atoms with Crippen LogP contribution in [0.3, 0.4) is 0 Å². The molecular weight excluding hydrogens is 402 g/mol. The predicted molar refractivity (Wildman–Crippen MR) is 87.8 cm³/mol. The van der Waals surface area contributed by atoms with Crippen molar-refractivity contribution in [3.8, 4) is 11.6 Å². The molecule has 1 N–H and O–H groups in total. The van der Waals surface area contributed by atoms with Gasteiger partial charge in [-0.05, 0) is 36.4 Å². The maximum absolute atomic E-state index is 13.9. The Morgan fingerprint density at radius 1 is 1.24 bits per heavy atom. The first-order valence-electron chi connectivity index (χ1n) is 6.90. The highest BCUT2D eigenvalue weighted by Gasteiger charge is 2.17. The molecule has 0 bridgehead atoms. The van der Waals surface area contributed by atoms with Crippen LogP contribution >= 0.6 is 15.9 Å². The molecule has 0 aliphatic carbocycles. The summed E-state index contributed by atoms with van der Waals surface area (Å²) in [7, 11) is 0. The molecule has 0 saturated heterocycles. The van der Waals surface area contributed by atoms with E-state index in [1.54, 1.807) is 0 Å². The third-order valence-electron chi connectivity index (χ3n) is 3.27. The van der Waals surface area contributed by atoms with Crippen molar-refractivity contribution in [3.63, 3.8) is 0 Å². The van der Waals surface area contributed by atoms with Gasteiger partial charge in [-0.25, -0.2) is 13.8 Å². The summed E-state index contributed by atoms with van der Waals surface area (Å²) in [6.45, 7) is -0.722. The largest absolute Gasteiger partial charge is 0.480 e. The Hall–Kier alpha value is -2.81. The third kappa shape index (κ3) is 3.50. The number of carbonyl (C=O) groups is 1. The topological polar surface area (TPSA) is 81.4 Å². The first kappa shape index (κ1) is 17.0. The first-order chi connectivity index (χ1) is 11.8. The van der Waals surface area contributed by atoms with E-state index in [9.17, 15) is 18.4 Å². The van der Waals surface area contributed by atoms with E-state index < -0.39 is 35.6 Å². The van der Waals surface area contributed by atoms with E-state index >= 15 is 0 Å². The molecule has 0 aliphatic rings. The van der Waals surface area contributed by atoms with Crippen molar-refractivity contribution in [2.75, 3.05) is 0 Å². The van der Waals surface area contributed by atoms with Gasteiger partial charge in [0.1, 0.15) is 12.4 Å². The molecule has 0 spiro atoms. The second kappa shape index (κ2) is 6.60. The average Bonchev–Trinajstić information content (AvgIpc) is 2.54. The number of aromatic nitrogens is 2. The standard InChI is InChI=1S/C16H9BrF2N2O4/c17-8-1-4-13(10(19)5-8)25-15-16(24)21(7-14(22)23)12-6-9(18)2-3-11(12)20-15/h1-6H,7H2,(H,22,23). The lowest BCUT2D eigenvalue weighted by Crippen LogP contribution is -2.26. The molecule has 0 radical (unpaired) electrons. The van der Waals surface area contributed by atoms with Crippen molar-refractivity contribution in [2.24, 2.45) is 0 Å². The second-order valence-corrected chi connectivity index (χ2v) is 5.93. The van der Waals surface area contributed by atoms with Gasteiger partial charge in [-0.1, -0.05) is 15.9 Å². The lowest BCUT2D eigenvalue weighted by atomic mass is 10.3. The van der Waals surface area contributed by atoms with Crippen LogP contribution in [-0.2, 0) is 11.3 Å². The van der Waals surface area contributed by atoms with Crippen molar-refractivity contribution in [3.05, 3.63) is 62.9 Å². The fourth-order valence-corrected chi connectivity index (χ4v) is 2.54. The Morgan fingerprint density at radius 2 is 2.00 bits per heavy atom. The van der Waals surface area contributed by atoms with E-state index in [0.29, 0.717) is 4.47 Å². The summed E-state index contributed by atoms with van der Waals surface area (Å²) in [5.41, 5.74) is -0.784. The first-order valence-corrected chi connectivity index (χ1v) is 7.69. The summed E-state index contributed by atoms with van der Waals surface area (Å²) in [6.07, 6.45) is 0. The zero-order valence-corrected chi connectivity index (χ0v) is 14.0. The monoisotopic (exact) mass is 410 g/mol. The van der Waals surface area contributed by atoms with Crippen LogP contribution in [0.15, 0.2) is 45.7 Å². The predicted octanol–water partition coefficient (Wildman–Crippen LogP) is 3.31. The number of rotatable bonds is 4. The SMILES string of the molecule is O=C(O)Cn1c(=O)c(Oc2ccc(Br)cc2F)nc2ccc(F)cc21. The van der Waals surface area contributed by atoms with Crippen LogP contribution in [-0.4, -0.2) is 20.6 Å². The highest BCUT2D eigenvalue weighted by atomic mass is 79.9. The maximum Gasteiger partial charge on any atom is 0.323 e. The number of aliphatic carboxylic acids is 1. The number of benzene rings is 2. The molecule has 0 fully saturated rings. The van der Waals surface area contributed by atoms with Gasteiger partial charge in [0.05, 0.1) is 11.0 Å². The van der Waals surface area contributed by atoms with E-state index in [0.717, 1.165) is 22.8 Å². The van der Waals surface area contributed by atoms with Crippen LogP contribution in [0.1, 0.15) is 0 Å². The summed E-state index contributed by atoms with van der Waals surface area (Å²) >= 11 is 3.10. The number of hydrogen-bond donors (Lipinski definition) is 1. The van der Waals surface area contributed by atoms with Gasteiger partial charge < -0.3 is 9.84 Å². The van der Waals surface area contributed by atoms with Gasteiger partial charge in [-0.15, -0.1) is 0 Å². The van der Waals surface area contributed by atoms with Crippen LogP contribution < -0.4 is 10.3 Å². The van der Waals surface area contributed by atoms with Gasteiger partial charge in [0.25, 0.3) is 5.88 Å². The molecule has 9 heteroatoms. The summed E-state index contributed by atoms with van der Waals surface area (Å²) in [4.78, 5) is 27.5. The Balaban J connectivity index is 2.18. The maximum atomic E-state index is 13.9. The molecule has 1 aromatic heterocycles. The molecule has 2 aromatic carbocycles. The fourth-order valence-electron chi connectivity index (χ4n) is 2.21. The summed E-state index contributed by atoms with van der Waals surface area (Å²) < 4.78 is 33.9. The minimum Gasteiger partial charge on any atom is -0.480 e. The molecule has 1 heterocycles. The van der Waals surface area contributed by atoms with Crippen LogP contribution in [0.5, 0.6) is 11.6 Å². The number of ether oxygens (including phenoxy) is 1. The summed E-state index contributed by atoms with van der Waals surface area (Å²) in [5, 5.41) is 9.00. The molecule has 0 saturated carbocycles. The Labute approximate surface area is 147 Å². The molecule has 0 unspecified atom stereocenters. The molecular formula is C16H9BrF2N2O4. The second-order valence-electron chi connectivity index (χ2n) is 5.01. The molecule has 25 heavy (non-hydrogen) atoms. The van der Waals surface area contributed by atoms with Crippen molar-refractivity contribution in [1.82, 2.24) is 9.55 Å². The van der Waals surface area contributed by atoms with Gasteiger partial charge in [0.15, 0.2) is 11.6 Å². The number of halogens is 3. The number of carboxylic acids is 1. The van der Waals surface area contributed by atoms with E-state index in [1.807, 2.05) is 0 Å². The number of hydrogen-bond acceptors (Lipinski definition) is 4. The fraction of sp³-hybridized carbons (Fsp3) is 0.0625. The van der Waals surface area contributed by atoms with Crippen molar-refractivity contribution >= 4 is 32.9 Å². The van der Waals surface area contributed by atoms with Crippen molar-refractivity contribution < 1.29 is 23.4 Å². The van der Waals surface area contributed by atoms with Crippen LogP contribution in [0, 0.1) is 11.6 Å². The van der Waals surface area contributed by atoms with E-state index in [2.05, 4.69) is 20.9 Å². The zero-order chi connectivity index (χ0) is 18.1. The molecule has 3 aromatic rings. The van der Waals surface area contributed by atoms with Crippen molar-refractivity contribution in [1.29, 1.82) is 0 Å². The molecule has 0 amide bonds. The van der Waals surface area contributed by atoms with E-state index in [1.165, 1.54) is 18.2 Å². The van der Waals surface area contributed by atoms with Crippen LogP contribution in [0.2, 0.25) is 0 Å². The Bertz CT molecular complexity index is 1050. The van der Waals surface area contributed by atoms with Crippen molar-refractivity contribution in [2.45, 2.75) is 6.54 Å². The molecule has 128 valence electrons. The minimum atomic E-state index is -1.31. The van der Waals surface area contributed by atoms with Gasteiger partial charge >= 0.3 is 11.5 Å². The lowest BCUT2D eigenvalue weighted by molar-refractivity contribution is -0.137. The number of carboxylic acid groups (broad SMARTS) is 1. The lowest BCUT2D eigenvalue weighted by Gasteiger charge is -2.11. The summed E-state index contributed by atoms with van der Waals surface area (Å²) in [5.74, 6) is -3.46. The van der Waals surface area contributed by atoms with Crippen LogP contribution in [0.4, 0.5) is 8.78 Å². The third-order valence-corrected chi connectivity index (χ3v) is 3.77. The van der Waals surface area contributed by atoms with Gasteiger partial charge in [0.2, 0.25) is 0 Å². The number of fused-ring (bicyclic) bond motifs is 1. The van der Waals surface area contributed by atoms with E-state index in [-0.39, 0.29) is 16.8 Å².